The third-order valence-corrected chi connectivity index (χ3v) is 3.98. The van der Waals surface area contributed by atoms with Crippen LogP contribution in [-0.2, 0) is 12.7 Å². The van der Waals surface area contributed by atoms with Crippen LogP contribution in [0.1, 0.15) is 37.8 Å². The zero-order chi connectivity index (χ0) is 15.0. The monoisotopic (exact) mass is 286 g/mol. The number of rotatable bonds is 3. The third-order valence-electron chi connectivity index (χ3n) is 3.98. The SMILES string of the molecule is CNCc1ccc(N2CCCC2(C)C)cc1C(F)(F)F. The summed E-state index contributed by atoms with van der Waals surface area (Å²) in [5.41, 5.74) is 0.348. The summed E-state index contributed by atoms with van der Waals surface area (Å²) in [5.74, 6) is 0. The van der Waals surface area contributed by atoms with E-state index in [1.54, 1.807) is 19.2 Å². The van der Waals surface area contributed by atoms with Crippen molar-refractivity contribution in [2.45, 2.75) is 44.9 Å². The molecule has 0 aliphatic carbocycles. The van der Waals surface area contributed by atoms with E-state index in [1.807, 2.05) is 0 Å². The first kappa shape index (κ1) is 15.2. The van der Waals surface area contributed by atoms with Crippen molar-refractivity contribution >= 4 is 5.69 Å². The Morgan fingerprint density at radius 1 is 1.30 bits per heavy atom. The second-order valence-corrected chi connectivity index (χ2v) is 5.94. The number of hydrogen-bond donors (Lipinski definition) is 1. The molecule has 2 nitrogen and oxygen atoms in total. The number of anilines is 1. The molecule has 0 bridgehead atoms. The van der Waals surface area contributed by atoms with Crippen LogP contribution in [0.2, 0.25) is 0 Å². The predicted molar refractivity (Wildman–Crippen MR) is 74.9 cm³/mol. The van der Waals surface area contributed by atoms with Crippen LogP contribution in [-0.4, -0.2) is 19.1 Å². The van der Waals surface area contributed by atoms with Gasteiger partial charge in [-0.2, -0.15) is 13.2 Å². The fourth-order valence-corrected chi connectivity index (χ4v) is 2.93. The van der Waals surface area contributed by atoms with Crippen molar-refractivity contribution in [3.8, 4) is 0 Å². The Morgan fingerprint density at radius 2 is 2.00 bits per heavy atom. The minimum atomic E-state index is -4.31. The molecule has 0 amide bonds. The van der Waals surface area contributed by atoms with Crippen LogP contribution >= 0.6 is 0 Å². The molecule has 1 aliphatic rings. The van der Waals surface area contributed by atoms with Crippen LogP contribution in [0.4, 0.5) is 18.9 Å². The average Bonchev–Trinajstić information content (AvgIpc) is 2.68. The summed E-state index contributed by atoms with van der Waals surface area (Å²) in [6, 6.07) is 4.68. The Kier molecular flexibility index (Phi) is 4.00. The van der Waals surface area contributed by atoms with Crippen LogP contribution in [0.5, 0.6) is 0 Å². The predicted octanol–water partition coefficient (Wildman–Crippen LogP) is 3.80. The summed E-state index contributed by atoms with van der Waals surface area (Å²) < 4.78 is 39.6. The first-order valence-electron chi connectivity index (χ1n) is 6.88. The summed E-state index contributed by atoms with van der Waals surface area (Å²) in [5, 5.41) is 2.79. The number of halogens is 3. The lowest BCUT2D eigenvalue weighted by Crippen LogP contribution is -2.38. The quantitative estimate of drug-likeness (QED) is 0.909. The highest BCUT2D eigenvalue weighted by molar-refractivity contribution is 5.54. The maximum atomic E-state index is 13.2. The Hall–Kier alpha value is -1.23. The fourth-order valence-electron chi connectivity index (χ4n) is 2.93. The number of nitrogens with one attached hydrogen (secondary N) is 1. The smallest absolute Gasteiger partial charge is 0.366 e. The molecule has 1 saturated heterocycles. The molecule has 1 aromatic carbocycles. The van der Waals surface area contributed by atoms with E-state index >= 15 is 0 Å². The van der Waals surface area contributed by atoms with Gasteiger partial charge in [-0.15, -0.1) is 0 Å². The summed E-state index contributed by atoms with van der Waals surface area (Å²) >= 11 is 0. The van der Waals surface area contributed by atoms with Crippen molar-refractivity contribution in [1.82, 2.24) is 5.32 Å². The number of alkyl halides is 3. The molecular formula is C15H21F3N2. The Labute approximate surface area is 118 Å². The van der Waals surface area contributed by atoms with Gasteiger partial charge < -0.3 is 10.2 Å². The molecule has 0 radical (unpaired) electrons. The Balaban J connectivity index is 2.42. The molecule has 20 heavy (non-hydrogen) atoms. The second kappa shape index (κ2) is 5.28. The van der Waals surface area contributed by atoms with Gasteiger partial charge in [-0.05, 0) is 51.4 Å². The number of benzene rings is 1. The van der Waals surface area contributed by atoms with Crippen molar-refractivity contribution in [2.24, 2.45) is 0 Å². The molecule has 0 aromatic heterocycles. The average molecular weight is 286 g/mol. The lowest BCUT2D eigenvalue weighted by Gasteiger charge is -2.34. The standard InChI is InChI=1S/C15H21F3N2/c1-14(2)7-4-8-20(14)12-6-5-11(10-19-3)13(9-12)15(16,17)18/h5-6,9,19H,4,7-8,10H2,1-3H3. The van der Waals surface area contributed by atoms with Gasteiger partial charge in [-0.3, -0.25) is 0 Å². The van der Waals surface area contributed by atoms with Gasteiger partial charge in [0, 0.05) is 24.3 Å². The Bertz CT molecular complexity index is 480. The maximum Gasteiger partial charge on any atom is 0.416 e. The summed E-state index contributed by atoms with van der Waals surface area (Å²) in [6.07, 6.45) is -2.29. The zero-order valence-corrected chi connectivity index (χ0v) is 12.1. The molecule has 0 saturated carbocycles. The molecule has 0 unspecified atom stereocenters. The van der Waals surface area contributed by atoms with Crippen LogP contribution in [0.25, 0.3) is 0 Å². The van der Waals surface area contributed by atoms with E-state index in [9.17, 15) is 13.2 Å². The molecule has 0 atom stereocenters. The molecule has 0 spiro atoms. The van der Waals surface area contributed by atoms with Crippen LogP contribution in [0.3, 0.4) is 0 Å². The summed E-state index contributed by atoms with van der Waals surface area (Å²) in [4.78, 5) is 2.07. The summed E-state index contributed by atoms with van der Waals surface area (Å²) in [6.45, 7) is 5.19. The third kappa shape index (κ3) is 2.92. The van der Waals surface area contributed by atoms with Gasteiger partial charge in [0.1, 0.15) is 0 Å². The van der Waals surface area contributed by atoms with Gasteiger partial charge in [0.25, 0.3) is 0 Å². The van der Waals surface area contributed by atoms with Crippen molar-refractivity contribution in [3.63, 3.8) is 0 Å². The van der Waals surface area contributed by atoms with Crippen molar-refractivity contribution in [1.29, 1.82) is 0 Å². The Morgan fingerprint density at radius 3 is 2.50 bits per heavy atom. The van der Waals surface area contributed by atoms with Gasteiger partial charge in [0.2, 0.25) is 0 Å². The van der Waals surface area contributed by atoms with E-state index < -0.39 is 11.7 Å². The van der Waals surface area contributed by atoms with Gasteiger partial charge in [0.15, 0.2) is 0 Å². The minimum Gasteiger partial charge on any atom is -0.366 e. The molecule has 112 valence electrons. The molecular weight excluding hydrogens is 265 g/mol. The first-order chi connectivity index (χ1) is 9.25. The molecule has 5 heteroatoms. The van der Waals surface area contributed by atoms with Crippen LogP contribution in [0, 0.1) is 0 Å². The van der Waals surface area contributed by atoms with Gasteiger partial charge in [-0.25, -0.2) is 0 Å². The highest BCUT2D eigenvalue weighted by Crippen LogP contribution is 2.38. The van der Waals surface area contributed by atoms with E-state index in [-0.39, 0.29) is 12.1 Å². The molecule has 1 N–H and O–H groups in total. The lowest BCUT2D eigenvalue weighted by molar-refractivity contribution is -0.138. The van der Waals surface area contributed by atoms with Crippen LogP contribution in [0.15, 0.2) is 18.2 Å². The van der Waals surface area contributed by atoms with Gasteiger partial charge in [-0.1, -0.05) is 6.07 Å². The van der Waals surface area contributed by atoms with E-state index in [0.717, 1.165) is 19.4 Å². The van der Waals surface area contributed by atoms with Gasteiger partial charge in [0.05, 0.1) is 5.56 Å². The number of nitrogens with zero attached hydrogens (tertiary/aromatic N) is 1. The second-order valence-electron chi connectivity index (χ2n) is 5.94. The van der Waals surface area contributed by atoms with Crippen molar-refractivity contribution in [3.05, 3.63) is 29.3 Å². The fraction of sp³-hybridized carbons (Fsp3) is 0.600. The van der Waals surface area contributed by atoms with Gasteiger partial charge >= 0.3 is 6.18 Å². The maximum absolute atomic E-state index is 13.2. The molecule has 1 aromatic rings. The van der Waals surface area contributed by atoms with Crippen LogP contribution < -0.4 is 10.2 Å². The number of hydrogen-bond acceptors (Lipinski definition) is 2. The highest BCUT2D eigenvalue weighted by Gasteiger charge is 2.36. The zero-order valence-electron chi connectivity index (χ0n) is 12.1. The van der Waals surface area contributed by atoms with E-state index in [1.165, 1.54) is 6.07 Å². The molecule has 1 fully saturated rings. The largest absolute Gasteiger partial charge is 0.416 e. The van der Waals surface area contributed by atoms with E-state index in [4.69, 9.17) is 0 Å². The summed E-state index contributed by atoms with van der Waals surface area (Å²) in [7, 11) is 1.65. The van der Waals surface area contributed by atoms with E-state index in [0.29, 0.717) is 11.3 Å². The van der Waals surface area contributed by atoms with E-state index in [2.05, 4.69) is 24.1 Å². The topological polar surface area (TPSA) is 15.3 Å². The molecule has 1 heterocycles. The highest BCUT2D eigenvalue weighted by atomic mass is 19.4. The van der Waals surface area contributed by atoms with Crippen molar-refractivity contribution < 1.29 is 13.2 Å². The minimum absolute atomic E-state index is 0.0760. The lowest BCUT2D eigenvalue weighted by atomic mass is 10.00. The molecule has 1 aliphatic heterocycles. The first-order valence-corrected chi connectivity index (χ1v) is 6.88. The van der Waals surface area contributed by atoms with Crippen molar-refractivity contribution in [2.75, 3.05) is 18.5 Å². The normalized spacial score (nSPS) is 18.6. The molecule has 2 rings (SSSR count).